The molecule has 0 heterocycles. The van der Waals surface area contributed by atoms with E-state index in [9.17, 15) is 4.79 Å². The molecule has 0 aromatic rings. The third-order valence-electron chi connectivity index (χ3n) is 1.79. The van der Waals surface area contributed by atoms with E-state index in [1.54, 1.807) is 18.7 Å². The van der Waals surface area contributed by atoms with Crippen LogP contribution in [0.1, 0.15) is 34.1 Å². The molecule has 1 N–H and O–H groups in total. The molecule has 0 spiro atoms. The molecule has 0 aromatic carbocycles. The SMILES string of the molecule is CC(CSCCC(C)(C)C)C(=O)O. The summed E-state index contributed by atoms with van der Waals surface area (Å²) in [6, 6.07) is 0. The third-order valence-corrected chi connectivity index (χ3v) is 3.01. The molecule has 0 rings (SSSR count). The quantitative estimate of drug-likeness (QED) is 0.700. The second-order valence-electron chi connectivity index (χ2n) is 4.62. The lowest BCUT2D eigenvalue weighted by atomic mass is 9.94. The van der Waals surface area contributed by atoms with Gasteiger partial charge in [0.25, 0.3) is 0 Å². The minimum Gasteiger partial charge on any atom is -0.481 e. The van der Waals surface area contributed by atoms with E-state index in [1.165, 1.54) is 0 Å². The maximum absolute atomic E-state index is 10.5. The summed E-state index contributed by atoms with van der Waals surface area (Å²) < 4.78 is 0. The highest BCUT2D eigenvalue weighted by atomic mass is 32.2. The van der Waals surface area contributed by atoms with E-state index in [-0.39, 0.29) is 5.92 Å². The molecule has 0 aliphatic carbocycles. The van der Waals surface area contributed by atoms with E-state index in [0.717, 1.165) is 17.9 Å². The topological polar surface area (TPSA) is 37.3 Å². The second-order valence-corrected chi connectivity index (χ2v) is 5.77. The maximum Gasteiger partial charge on any atom is 0.307 e. The van der Waals surface area contributed by atoms with Crippen molar-refractivity contribution in [3.05, 3.63) is 0 Å². The lowest BCUT2D eigenvalue weighted by molar-refractivity contribution is -0.140. The molecule has 1 unspecified atom stereocenters. The van der Waals surface area contributed by atoms with Gasteiger partial charge < -0.3 is 5.11 Å². The van der Waals surface area contributed by atoms with Crippen molar-refractivity contribution >= 4 is 17.7 Å². The Hall–Kier alpha value is -0.180. The van der Waals surface area contributed by atoms with Gasteiger partial charge in [-0.15, -0.1) is 0 Å². The number of carbonyl (C=O) groups is 1. The van der Waals surface area contributed by atoms with Crippen LogP contribution < -0.4 is 0 Å². The minimum atomic E-state index is -0.691. The third kappa shape index (κ3) is 8.16. The summed E-state index contributed by atoms with van der Waals surface area (Å²) in [5.41, 5.74) is 0.361. The summed E-state index contributed by atoms with van der Waals surface area (Å²) in [5, 5.41) is 8.63. The van der Waals surface area contributed by atoms with E-state index in [2.05, 4.69) is 20.8 Å². The Kier molecular flexibility index (Phi) is 5.45. The van der Waals surface area contributed by atoms with Crippen LogP contribution in [0.3, 0.4) is 0 Å². The molecule has 1 atom stereocenters. The lowest BCUT2D eigenvalue weighted by Gasteiger charge is -2.17. The molecule has 0 aliphatic heterocycles. The van der Waals surface area contributed by atoms with Crippen LogP contribution in [0.5, 0.6) is 0 Å². The van der Waals surface area contributed by atoms with Crippen LogP contribution in [-0.2, 0) is 4.79 Å². The van der Waals surface area contributed by atoms with Gasteiger partial charge in [0.2, 0.25) is 0 Å². The molecule has 0 fully saturated rings. The van der Waals surface area contributed by atoms with Gasteiger partial charge in [-0.3, -0.25) is 4.79 Å². The molecular formula is C10H20O2S. The van der Waals surface area contributed by atoms with Crippen LogP contribution in [0.25, 0.3) is 0 Å². The maximum atomic E-state index is 10.5. The Morgan fingerprint density at radius 2 is 2.00 bits per heavy atom. The molecule has 0 aliphatic rings. The van der Waals surface area contributed by atoms with Gasteiger partial charge in [0.15, 0.2) is 0 Å². The highest BCUT2D eigenvalue weighted by molar-refractivity contribution is 7.99. The van der Waals surface area contributed by atoms with Crippen molar-refractivity contribution in [1.29, 1.82) is 0 Å². The number of carboxylic acids is 1. The van der Waals surface area contributed by atoms with Crippen molar-refractivity contribution in [1.82, 2.24) is 0 Å². The van der Waals surface area contributed by atoms with E-state index in [0.29, 0.717) is 5.41 Å². The Bertz CT molecular complexity index is 161. The molecule has 13 heavy (non-hydrogen) atoms. The molecule has 0 amide bonds. The molecule has 0 radical (unpaired) electrons. The average Bonchev–Trinajstić information content (AvgIpc) is 1.95. The molecule has 0 saturated carbocycles. The Balaban J connectivity index is 3.41. The predicted molar refractivity (Wildman–Crippen MR) is 58.2 cm³/mol. The van der Waals surface area contributed by atoms with Gasteiger partial charge >= 0.3 is 5.97 Å². The van der Waals surface area contributed by atoms with Crippen molar-refractivity contribution in [3.8, 4) is 0 Å². The number of rotatable bonds is 5. The van der Waals surface area contributed by atoms with E-state index in [4.69, 9.17) is 5.11 Å². The minimum absolute atomic E-state index is 0.218. The van der Waals surface area contributed by atoms with Crippen molar-refractivity contribution in [2.45, 2.75) is 34.1 Å². The Morgan fingerprint density at radius 1 is 1.46 bits per heavy atom. The molecule has 0 aromatic heterocycles. The van der Waals surface area contributed by atoms with E-state index >= 15 is 0 Å². The second kappa shape index (κ2) is 5.53. The van der Waals surface area contributed by atoms with Crippen LogP contribution in [0.4, 0.5) is 0 Å². The molecule has 0 saturated heterocycles. The van der Waals surface area contributed by atoms with Gasteiger partial charge in [0.1, 0.15) is 0 Å². The lowest BCUT2D eigenvalue weighted by Crippen LogP contribution is -2.13. The Morgan fingerprint density at radius 3 is 2.38 bits per heavy atom. The molecular weight excluding hydrogens is 184 g/mol. The summed E-state index contributed by atoms with van der Waals surface area (Å²) >= 11 is 1.74. The van der Waals surface area contributed by atoms with Crippen molar-refractivity contribution in [2.24, 2.45) is 11.3 Å². The smallest absolute Gasteiger partial charge is 0.307 e. The van der Waals surface area contributed by atoms with Crippen LogP contribution >= 0.6 is 11.8 Å². The first-order chi connectivity index (χ1) is 5.83. The normalized spacial score (nSPS) is 14.2. The Labute approximate surface area is 85.1 Å². The van der Waals surface area contributed by atoms with Gasteiger partial charge in [-0.1, -0.05) is 27.7 Å². The number of aliphatic carboxylic acids is 1. The molecule has 78 valence electrons. The summed E-state index contributed by atoms with van der Waals surface area (Å²) in [5.74, 6) is 0.875. The summed E-state index contributed by atoms with van der Waals surface area (Å²) in [4.78, 5) is 10.5. The summed E-state index contributed by atoms with van der Waals surface area (Å²) in [6.07, 6.45) is 1.14. The fourth-order valence-electron chi connectivity index (χ4n) is 0.710. The highest BCUT2D eigenvalue weighted by Gasteiger charge is 2.12. The fourth-order valence-corrected chi connectivity index (χ4v) is 2.13. The summed E-state index contributed by atoms with van der Waals surface area (Å²) in [7, 11) is 0. The summed E-state index contributed by atoms with van der Waals surface area (Å²) in [6.45, 7) is 8.36. The zero-order valence-corrected chi connectivity index (χ0v) is 9.78. The van der Waals surface area contributed by atoms with Crippen LogP contribution in [0.15, 0.2) is 0 Å². The number of thioether (sulfide) groups is 1. The van der Waals surface area contributed by atoms with Gasteiger partial charge in [-0.25, -0.2) is 0 Å². The number of hydrogen-bond donors (Lipinski definition) is 1. The molecule has 3 heteroatoms. The molecule has 2 nitrogen and oxygen atoms in total. The fraction of sp³-hybridized carbons (Fsp3) is 0.900. The number of hydrogen-bond acceptors (Lipinski definition) is 2. The zero-order chi connectivity index (χ0) is 10.5. The predicted octanol–water partition coefficient (Wildman–Crippen LogP) is 2.88. The highest BCUT2D eigenvalue weighted by Crippen LogP contribution is 2.22. The number of carboxylic acid groups (broad SMARTS) is 1. The monoisotopic (exact) mass is 204 g/mol. The van der Waals surface area contributed by atoms with Crippen molar-refractivity contribution in [3.63, 3.8) is 0 Å². The first-order valence-electron chi connectivity index (χ1n) is 4.63. The zero-order valence-electron chi connectivity index (χ0n) is 8.96. The first kappa shape index (κ1) is 12.8. The average molecular weight is 204 g/mol. The standard InChI is InChI=1S/C10H20O2S/c1-8(9(11)12)7-13-6-5-10(2,3)4/h8H,5-7H2,1-4H3,(H,11,12). The van der Waals surface area contributed by atoms with Gasteiger partial charge in [-0.2, -0.15) is 11.8 Å². The van der Waals surface area contributed by atoms with Crippen molar-refractivity contribution < 1.29 is 9.90 Å². The largest absolute Gasteiger partial charge is 0.481 e. The molecule has 0 bridgehead atoms. The van der Waals surface area contributed by atoms with Gasteiger partial charge in [-0.05, 0) is 17.6 Å². The van der Waals surface area contributed by atoms with Crippen molar-refractivity contribution in [2.75, 3.05) is 11.5 Å². The van der Waals surface area contributed by atoms with E-state index < -0.39 is 5.97 Å². The van der Waals surface area contributed by atoms with Gasteiger partial charge in [0.05, 0.1) is 5.92 Å². The first-order valence-corrected chi connectivity index (χ1v) is 5.79. The van der Waals surface area contributed by atoms with E-state index in [1.807, 2.05) is 0 Å². The van der Waals surface area contributed by atoms with Crippen LogP contribution in [0.2, 0.25) is 0 Å². The van der Waals surface area contributed by atoms with Crippen LogP contribution in [0, 0.1) is 11.3 Å². The van der Waals surface area contributed by atoms with Gasteiger partial charge in [0, 0.05) is 5.75 Å². The van der Waals surface area contributed by atoms with Crippen LogP contribution in [-0.4, -0.2) is 22.6 Å².